The first-order chi connectivity index (χ1) is 13.0. The zero-order valence-electron chi connectivity index (χ0n) is 14.2. The summed E-state index contributed by atoms with van der Waals surface area (Å²) in [5.41, 5.74) is 7.26. The van der Waals surface area contributed by atoms with Gasteiger partial charge in [0.05, 0.1) is 11.6 Å². The highest BCUT2D eigenvalue weighted by atomic mass is 19.1. The summed E-state index contributed by atoms with van der Waals surface area (Å²) in [5, 5.41) is 11.8. The number of carbonyl (C=O) groups excluding carboxylic acids is 1. The topological polar surface area (TPSA) is 88.1 Å². The Morgan fingerprint density at radius 2 is 1.52 bits per heavy atom. The van der Waals surface area contributed by atoms with Gasteiger partial charge in [-0.05, 0) is 66.2 Å². The van der Waals surface area contributed by atoms with Crippen LogP contribution >= 0.6 is 0 Å². The first-order valence-electron chi connectivity index (χ1n) is 8.14. The van der Waals surface area contributed by atoms with Gasteiger partial charge in [-0.1, -0.05) is 12.1 Å². The Kier molecular flexibility index (Phi) is 5.33. The number of halogens is 1. The molecule has 0 aliphatic heterocycles. The number of anilines is 1. The highest BCUT2D eigenvalue weighted by molar-refractivity contribution is 5.84. The molecule has 6 heteroatoms. The van der Waals surface area contributed by atoms with Crippen molar-refractivity contribution < 1.29 is 13.9 Å². The van der Waals surface area contributed by atoms with Crippen LogP contribution in [0.4, 0.5) is 10.1 Å². The van der Waals surface area contributed by atoms with E-state index in [1.165, 1.54) is 24.3 Å². The van der Waals surface area contributed by atoms with Crippen LogP contribution in [0.25, 0.3) is 0 Å². The molecule has 0 saturated carbocycles. The van der Waals surface area contributed by atoms with Crippen LogP contribution in [0.5, 0.6) is 11.5 Å². The van der Waals surface area contributed by atoms with Gasteiger partial charge in [-0.3, -0.25) is 4.79 Å². The molecule has 27 heavy (non-hydrogen) atoms. The number of hydrogen-bond acceptors (Lipinski definition) is 4. The van der Waals surface area contributed by atoms with E-state index in [4.69, 9.17) is 15.7 Å². The van der Waals surface area contributed by atoms with Crippen LogP contribution in [-0.4, -0.2) is 5.91 Å². The lowest BCUT2D eigenvalue weighted by Gasteiger charge is -2.17. The van der Waals surface area contributed by atoms with Crippen molar-refractivity contribution in [2.75, 3.05) is 5.32 Å². The first-order valence-corrected chi connectivity index (χ1v) is 8.14. The van der Waals surface area contributed by atoms with Crippen molar-refractivity contribution in [3.8, 4) is 17.6 Å². The lowest BCUT2D eigenvalue weighted by Crippen LogP contribution is -2.27. The summed E-state index contributed by atoms with van der Waals surface area (Å²) >= 11 is 0. The Morgan fingerprint density at radius 1 is 0.963 bits per heavy atom. The second-order valence-electron chi connectivity index (χ2n) is 5.79. The van der Waals surface area contributed by atoms with Gasteiger partial charge in [0.25, 0.3) is 0 Å². The van der Waals surface area contributed by atoms with Crippen molar-refractivity contribution in [2.24, 2.45) is 5.73 Å². The molecule has 0 saturated heterocycles. The van der Waals surface area contributed by atoms with E-state index < -0.39 is 11.9 Å². The molecular weight excluding hydrogens is 345 g/mol. The SMILES string of the molecule is N#Cc1ccc(Oc2ccc(NC(C(N)=O)c3ccc(F)cc3)cc2)cc1. The van der Waals surface area contributed by atoms with E-state index in [2.05, 4.69) is 5.32 Å². The summed E-state index contributed by atoms with van der Waals surface area (Å²) in [5.74, 6) is 0.254. The number of ether oxygens (including phenoxy) is 1. The summed E-state index contributed by atoms with van der Waals surface area (Å²) in [6.07, 6.45) is 0. The second kappa shape index (κ2) is 8.02. The predicted octanol–water partition coefficient (Wildman–Crippen LogP) is 4.13. The summed E-state index contributed by atoms with van der Waals surface area (Å²) in [7, 11) is 0. The number of nitrogens with two attached hydrogens (primary N) is 1. The smallest absolute Gasteiger partial charge is 0.244 e. The van der Waals surface area contributed by atoms with E-state index in [1.807, 2.05) is 6.07 Å². The largest absolute Gasteiger partial charge is 0.457 e. The van der Waals surface area contributed by atoms with Crippen molar-refractivity contribution in [1.82, 2.24) is 0 Å². The van der Waals surface area contributed by atoms with Crippen LogP contribution in [-0.2, 0) is 4.79 Å². The highest BCUT2D eigenvalue weighted by Gasteiger charge is 2.17. The summed E-state index contributed by atoms with van der Waals surface area (Å²) in [4.78, 5) is 11.8. The zero-order chi connectivity index (χ0) is 19.2. The van der Waals surface area contributed by atoms with E-state index in [0.717, 1.165) is 0 Å². The molecule has 0 aliphatic carbocycles. The van der Waals surface area contributed by atoms with Crippen LogP contribution in [0.2, 0.25) is 0 Å². The lowest BCUT2D eigenvalue weighted by atomic mass is 10.1. The molecule has 1 unspecified atom stereocenters. The molecule has 0 aliphatic rings. The van der Waals surface area contributed by atoms with Crippen molar-refractivity contribution in [3.05, 3.63) is 89.7 Å². The van der Waals surface area contributed by atoms with E-state index >= 15 is 0 Å². The maximum Gasteiger partial charge on any atom is 0.244 e. The molecule has 3 aromatic rings. The molecule has 1 amide bonds. The van der Waals surface area contributed by atoms with E-state index in [-0.39, 0.29) is 5.82 Å². The molecule has 0 bridgehead atoms. The number of amides is 1. The van der Waals surface area contributed by atoms with Gasteiger partial charge in [-0.15, -0.1) is 0 Å². The molecular formula is C21H16FN3O2. The number of nitriles is 1. The second-order valence-corrected chi connectivity index (χ2v) is 5.79. The minimum Gasteiger partial charge on any atom is -0.457 e. The standard InChI is InChI=1S/C21H16FN3O2/c22-16-5-3-15(4-6-16)20(21(24)26)25-17-7-11-19(12-8-17)27-18-9-1-14(13-23)2-10-18/h1-12,20,25H,(H2,24,26). The summed E-state index contributed by atoms with van der Waals surface area (Å²) in [6.45, 7) is 0. The van der Waals surface area contributed by atoms with Crippen molar-refractivity contribution in [2.45, 2.75) is 6.04 Å². The molecule has 5 nitrogen and oxygen atoms in total. The third kappa shape index (κ3) is 4.61. The molecule has 134 valence electrons. The van der Waals surface area contributed by atoms with E-state index in [0.29, 0.717) is 28.3 Å². The maximum atomic E-state index is 13.1. The number of nitrogens with zero attached hydrogens (tertiary/aromatic N) is 1. The number of hydrogen-bond donors (Lipinski definition) is 2. The molecule has 3 aromatic carbocycles. The van der Waals surface area contributed by atoms with Crippen LogP contribution in [0.15, 0.2) is 72.8 Å². The zero-order valence-corrected chi connectivity index (χ0v) is 14.2. The number of primary amides is 1. The Labute approximate surface area is 155 Å². The van der Waals surface area contributed by atoms with Crippen LogP contribution < -0.4 is 15.8 Å². The average Bonchev–Trinajstić information content (AvgIpc) is 2.68. The number of benzene rings is 3. The van der Waals surface area contributed by atoms with Gasteiger partial charge >= 0.3 is 0 Å². The average molecular weight is 361 g/mol. The maximum absolute atomic E-state index is 13.1. The van der Waals surface area contributed by atoms with Gasteiger partial charge in [0, 0.05) is 5.69 Å². The quantitative estimate of drug-likeness (QED) is 0.691. The molecule has 0 radical (unpaired) electrons. The third-order valence-electron chi connectivity index (χ3n) is 3.87. The molecule has 0 spiro atoms. The summed E-state index contributed by atoms with van der Waals surface area (Å²) in [6, 6.07) is 20.6. The molecule has 0 heterocycles. The molecule has 3 N–H and O–H groups in total. The molecule has 0 fully saturated rings. The van der Waals surface area contributed by atoms with Crippen LogP contribution in [0.3, 0.4) is 0 Å². The number of carbonyl (C=O) groups is 1. The normalized spacial score (nSPS) is 11.3. The first kappa shape index (κ1) is 18.0. The van der Waals surface area contributed by atoms with Gasteiger partial charge in [0.1, 0.15) is 23.4 Å². The Morgan fingerprint density at radius 3 is 2.04 bits per heavy atom. The Balaban J connectivity index is 1.70. The fourth-order valence-electron chi connectivity index (χ4n) is 2.49. The minimum atomic E-state index is -0.782. The third-order valence-corrected chi connectivity index (χ3v) is 3.87. The fourth-order valence-corrected chi connectivity index (χ4v) is 2.49. The van der Waals surface area contributed by atoms with Gasteiger partial charge in [-0.2, -0.15) is 5.26 Å². The van der Waals surface area contributed by atoms with Gasteiger partial charge < -0.3 is 15.8 Å². The predicted molar refractivity (Wildman–Crippen MR) is 99.6 cm³/mol. The minimum absolute atomic E-state index is 0.383. The monoisotopic (exact) mass is 361 g/mol. The molecule has 0 aromatic heterocycles. The molecule has 3 rings (SSSR count). The summed E-state index contributed by atoms with van der Waals surface area (Å²) < 4.78 is 18.8. The van der Waals surface area contributed by atoms with E-state index in [9.17, 15) is 9.18 Å². The fraction of sp³-hybridized carbons (Fsp3) is 0.0476. The van der Waals surface area contributed by atoms with Crippen LogP contribution in [0, 0.1) is 17.1 Å². The van der Waals surface area contributed by atoms with Gasteiger partial charge in [-0.25, -0.2) is 4.39 Å². The van der Waals surface area contributed by atoms with Gasteiger partial charge in [0.15, 0.2) is 0 Å². The number of rotatable bonds is 6. The highest BCUT2D eigenvalue weighted by Crippen LogP contribution is 2.25. The lowest BCUT2D eigenvalue weighted by molar-refractivity contribution is -0.118. The number of nitrogens with one attached hydrogen (secondary N) is 1. The Bertz CT molecular complexity index is 962. The van der Waals surface area contributed by atoms with Gasteiger partial charge in [0.2, 0.25) is 5.91 Å². The molecule has 1 atom stereocenters. The Hall–Kier alpha value is -3.85. The van der Waals surface area contributed by atoms with Crippen LogP contribution in [0.1, 0.15) is 17.2 Å². The van der Waals surface area contributed by atoms with Crippen molar-refractivity contribution in [1.29, 1.82) is 5.26 Å². The van der Waals surface area contributed by atoms with Crippen molar-refractivity contribution in [3.63, 3.8) is 0 Å². The van der Waals surface area contributed by atoms with E-state index in [1.54, 1.807) is 48.5 Å². The van der Waals surface area contributed by atoms with Crippen molar-refractivity contribution >= 4 is 11.6 Å².